The van der Waals surface area contributed by atoms with Gasteiger partial charge >= 0.3 is 0 Å². The second kappa shape index (κ2) is 9.60. The molecule has 0 saturated carbocycles. The summed E-state index contributed by atoms with van der Waals surface area (Å²) in [5.41, 5.74) is 2.56. The summed E-state index contributed by atoms with van der Waals surface area (Å²) < 4.78 is 38.2. The molecule has 9 heteroatoms. The Morgan fingerprint density at radius 3 is 2.45 bits per heavy atom. The van der Waals surface area contributed by atoms with Gasteiger partial charge in [0.05, 0.1) is 20.8 Å². The van der Waals surface area contributed by atoms with Crippen LogP contribution in [0.1, 0.15) is 18.1 Å². The number of nitrogens with one attached hydrogen (secondary N) is 1. The van der Waals surface area contributed by atoms with Gasteiger partial charge in [0.15, 0.2) is 0 Å². The van der Waals surface area contributed by atoms with Crippen molar-refractivity contribution in [2.75, 3.05) is 33.1 Å². The molecule has 0 aliphatic carbocycles. The number of carbonyl (C=O) groups is 1. The van der Waals surface area contributed by atoms with E-state index in [0.717, 1.165) is 26.3 Å². The lowest BCUT2D eigenvalue weighted by Crippen LogP contribution is -2.35. The molecule has 0 bridgehead atoms. The number of likely N-dealkylation sites (N-methyl/N-ethyl adjacent to an activating group) is 1. The van der Waals surface area contributed by atoms with E-state index in [4.69, 9.17) is 9.47 Å². The van der Waals surface area contributed by atoms with Crippen LogP contribution in [0.3, 0.4) is 0 Å². The van der Waals surface area contributed by atoms with Crippen molar-refractivity contribution in [1.82, 2.24) is 4.31 Å². The molecule has 0 unspecified atom stereocenters. The van der Waals surface area contributed by atoms with Gasteiger partial charge in [0, 0.05) is 23.3 Å². The minimum absolute atomic E-state index is 0.0660. The van der Waals surface area contributed by atoms with Crippen LogP contribution in [0.4, 0.5) is 5.69 Å². The Bertz CT molecular complexity index is 1010. The molecular formula is C20H25BrN2O5S. The van der Waals surface area contributed by atoms with Crippen molar-refractivity contribution < 1.29 is 22.7 Å². The molecule has 2 aromatic carbocycles. The lowest BCUT2D eigenvalue weighted by Gasteiger charge is -2.20. The third kappa shape index (κ3) is 5.29. The van der Waals surface area contributed by atoms with Crippen molar-refractivity contribution in [3.63, 3.8) is 0 Å². The average Bonchev–Trinajstić information content (AvgIpc) is 2.68. The normalized spacial score (nSPS) is 11.4. The molecule has 0 radical (unpaired) electrons. The molecule has 29 heavy (non-hydrogen) atoms. The number of sulfonamides is 1. The lowest BCUT2D eigenvalue weighted by atomic mass is 10.1. The van der Waals surface area contributed by atoms with Gasteiger partial charge in [-0.2, -0.15) is 4.31 Å². The minimum atomic E-state index is -3.97. The number of anilines is 1. The van der Waals surface area contributed by atoms with Crippen LogP contribution in [0.15, 0.2) is 39.7 Å². The average molecular weight is 485 g/mol. The van der Waals surface area contributed by atoms with Crippen molar-refractivity contribution in [3.05, 3.63) is 45.9 Å². The SMILES string of the molecule is CCc1cc(Br)cc(C)c1NC(=O)CN(C)S(=O)(=O)c1cc(OC)ccc1OC. The molecule has 1 amide bonds. The molecule has 7 nitrogen and oxygen atoms in total. The monoisotopic (exact) mass is 484 g/mol. The standard InChI is InChI=1S/C20H25BrN2O5S/c1-6-14-10-15(21)9-13(2)20(14)22-19(24)12-23(3)29(25,26)18-11-16(27-4)7-8-17(18)28-5/h7-11H,6,12H2,1-5H3,(H,22,24). The van der Waals surface area contributed by atoms with Crippen LogP contribution in [0.2, 0.25) is 0 Å². The van der Waals surface area contributed by atoms with Gasteiger partial charge in [0.2, 0.25) is 15.9 Å². The summed E-state index contributed by atoms with van der Waals surface area (Å²) >= 11 is 3.45. The highest BCUT2D eigenvalue weighted by molar-refractivity contribution is 9.10. The highest BCUT2D eigenvalue weighted by atomic mass is 79.9. The zero-order chi connectivity index (χ0) is 21.8. The number of aryl methyl sites for hydroxylation is 2. The summed E-state index contributed by atoms with van der Waals surface area (Å²) in [4.78, 5) is 12.5. The predicted octanol–water partition coefficient (Wildman–Crippen LogP) is 3.60. The molecular weight excluding hydrogens is 460 g/mol. The molecule has 0 saturated heterocycles. The molecule has 1 N–H and O–H groups in total. The van der Waals surface area contributed by atoms with E-state index < -0.39 is 15.9 Å². The molecule has 0 aliphatic rings. The smallest absolute Gasteiger partial charge is 0.247 e. The summed E-state index contributed by atoms with van der Waals surface area (Å²) in [5.74, 6) is 0.119. The first kappa shape index (κ1) is 23.2. The number of carbonyl (C=O) groups excluding carboxylic acids is 1. The molecule has 0 fully saturated rings. The second-order valence-corrected chi connectivity index (χ2v) is 9.37. The van der Waals surface area contributed by atoms with E-state index in [1.165, 1.54) is 33.4 Å². The van der Waals surface area contributed by atoms with Gasteiger partial charge in [-0.3, -0.25) is 4.79 Å². The largest absolute Gasteiger partial charge is 0.497 e. The summed E-state index contributed by atoms with van der Waals surface area (Å²) in [6.45, 7) is 3.53. The highest BCUT2D eigenvalue weighted by Crippen LogP contribution is 2.30. The molecule has 2 rings (SSSR count). The highest BCUT2D eigenvalue weighted by Gasteiger charge is 2.27. The summed E-state index contributed by atoms with van der Waals surface area (Å²) in [6, 6.07) is 8.32. The first-order valence-electron chi connectivity index (χ1n) is 8.91. The predicted molar refractivity (Wildman–Crippen MR) is 116 cm³/mol. The van der Waals surface area contributed by atoms with E-state index in [-0.39, 0.29) is 17.2 Å². The maximum absolute atomic E-state index is 13.0. The minimum Gasteiger partial charge on any atom is -0.497 e. The van der Waals surface area contributed by atoms with Gasteiger partial charge in [-0.1, -0.05) is 22.9 Å². The summed E-state index contributed by atoms with van der Waals surface area (Å²) in [6.07, 6.45) is 0.727. The van der Waals surface area contributed by atoms with Crippen molar-refractivity contribution in [3.8, 4) is 11.5 Å². The van der Waals surface area contributed by atoms with Crippen LogP contribution in [0.25, 0.3) is 0 Å². The Kier molecular flexibility index (Phi) is 7.67. The van der Waals surface area contributed by atoms with Gasteiger partial charge in [-0.05, 0) is 48.7 Å². The van der Waals surface area contributed by atoms with E-state index in [1.54, 1.807) is 6.07 Å². The van der Waals surface area contributed by atoms with E-state index >= 15 is 0 Å². The number of hydrogen-bond donors (Lipinski definition) is 1. The number of rotatable bonds is 8. The number of methoxy groups -OCH3 is 2. The van der Waals surface area contributed by atoms with Crippen LogP contribution in [0, 0.1) is 6.92 Å². The molecule has 0 aromatic heterocycles. The number of hydrogen-bond acceptors (Lipinski definition) is 5. The van der Waals surface area contributed by atoms with Crippen LogP contribution in [0.5, 0.6) is 11.5 Å². The van der Waals surface area contributed by atoms with Crippen molar-refractivity contribution in [2.24, 2.45) is 0 Å². The quantitative estimate of drug-likeness (QED) is 0.618. The van der Waals surface area contributed by atoms with E-state index in [9.17, 15) is 13.2 Å². The van der Waals surface area contributed by atoms with E-state index in [1.807, 2.05) is 26.0 Å². The van der Waals surface area contributed by atoms with Crippen molar-refractivity contribution in [2.45, 2.75) is 25.2 Å². The fourth-order valence-electron chi connectivity index (χ4n) is 2.89. The second-order valence-electron chi connectivity index (χ2n) is 6.44. The molecule has 158 valence electrons. The zero-order valence-electron chi connectivity index (χ0n) is 17.1. The fraction of sp³-hybridized carbons (Fsp3) is 0.350. The molecule has 0 aliphatic heterocycles. The first-order valence-corrected chi connectivity index (χ1v) is 11.1. The maximum Gasteiger partial charge on any atom is 0.247 e. The number of amides is 1. The Hall–Kier alpha value is -2.10. The van der Waals surface area contributed by atoms with E-state index in [2.05, 4.69) is 21.2 Å². The van der Waals surface area contributed by atoms with E-state index in [0.29, 0.717) is 11.4 Å². The maximum atomic E-state index is 13.0. The molecule has 0 atom stereocenters. The third-order valence-electron chi connectivity index (χ3n) is 4.45. The van der Waals surface area contributed by atoms with Gasteiger partial charge in [-0.15, -0.1) is 0 Å². The van der Waals surface area contributed by atoms with Gasteiger partial charge in [0.1, 0.15) is 16.4 Å². The summed E-state index contributed by atoms with van der Waals surface area (Å²) in [7, 11) is 0.207. The zero-order valence-corrected chi connectivity index (χ0v) is 19.5. The first-order chi connectivity index (χ1) is 13.6. The number of benzene rings is 2. The van der Waals surface area contributed by atoms with Crippen molar-refractivity contribution >= 4 is 37.5 Å². The van der Waals surface area contributed by atoms with Gasteiger partial charge in [-0.25, -0.2) is 8.42 Å². The van der Waals surface area contributed by atoms with Gasteiger partial charge < -0.3 is 14.8 Å². The van der Waals surface area contributed by atoms with Gasteiger partial charge in [0.25, 0.3) is 0 Å². The number of ether oxygens (including phenoxy) is 2. The third-order valence-corrected chi connectivity index (χ3v) is 6.73. The van der Waals surface area contributed by atoms with Crippen LogP contribution < -0.4 is 14.8 Å². The van der Waals surface area contributed by atoms with Crippen LogP contribution in [-0.2, 0) is 21.2 Å². The topological polar surface area (TPSA) is 84.9 Å². The molecule has 2 aromatic rings. The Labute approximate surface area is 180 Å². The Balaban J connectivity index is 2.26. The van der Waals surface area contributed by atoms with Crippen LogP contribution >= 0.6 is 15.9 Å². The summed E-state index contributed by atoms with van der Waals surface area (Å²) in [5, 5.41) is 2.84. The number of halogens is 1. The molecule has 0 spiro atoms. The number of nitrogens with zero attached hydrogens (tertiary/aromatic N) is 1. The fourth-order valence-corrected chi connectivity index (χ4v) is 4.80. The van der Waals surface area contributed by atoms with Crippen molar-refractivity contribution in [1.29, 1.82) is 0 Å². The molecule has 0 heterocycles. The lowest BCUT2D eigenvalue weighted by molar-refractivity contribution is -0.116. The van der Waals surface area contributed by atoms with Crippen LogP contribution in [-0.4, -0.2) is 46.4 Å². The Morgan fingerprint density at radius 2 is 1.86 bits per heavy atom. The Morgan fingerprint density at radius 1 is 1.17 bits per heavy atom.